The molecule has 0 fully saturated rings. The van der Waals surface area contributed by atoms with Crippen LogP contribution in [0.15, 0.2) is 23.1 Å². The third kappa shape index (κ3) is 4.47. The zero-order chi connectivity index (χ0) is 19.0. The molecule has 0 saturated carbocycles. The van der Waals surface area contributed by atoms with Gasteiger partial charge in [-0.25, -0.2) is 18.0 Å². The number of carboxylic acid groups (broad SMARTS) is 1. The van der Waals surface area contributed by atoms with Gasteiger partial charge >= 0.3 is 12.1 Å². The van der Waals surface area contributed by atoms with E-state index in [1.165, 1.54) is 0 Å². The standard InChI is InChI=1S/C15H18N2O7S/c1-15(2,3)24-14(21)17-10-7-25(22,23)11-5-4-8(13(19)20)6-9(11)16-12(10)18/h4-6,10H,7H2,1-3H3,(H,16,18)(H,17,21)(H,19,20)/t10-/m0/s1. The molecule has 136 valence electrons. The second-order valence-electron chi connectivity index (χ2n) is 6.49. The molecule has 0 aliphatic carbocycles. The van der Waals surface area contributed by atoms with Gasteiger partial charge in [0.25, 0.3) is 0 Å². The maximum atomic E-state index is 12.5. The minimum atomic E-state index is -3.94. The van der Waals surface area contributed by atoms with Gasteiger partial charge in [-0.15, -0.1) is 0 Å². The number of benzene rings is 1. The molecule has 1 atom stereocenters. The Morgan fingerprint density at radius 1 is 1.32 bits per heavy atom. The lowest BCUT2D eigenvalue weighted by molar-refractivity contribution is -0.117. The number of ether oxygens (including phenoxy) is 1. The van der Waals surface area contributed by atoms with Gasteiger partial charge < -0.3 is 20.5 Å². The number of hydrogen-bond acceptors (Lipinski definition) is 6. The number of amides is 2. The summed E-state index contributed by atoms with van der Waals surface area (Å²) in [6, 6.07) is 1.93. The zero-order valence-corrected chi connectivity index (χ0v) is 14.6. The second kappa shape index (κ2) is 6.36. The molecule has 10 heteroatoms. The van der Waals surface area contributed by atoms with E-state index in [4.69, 9.17) is 9.84 Å². The molecule has 0 unspecified atom stereocenters. The average Bonchev–Trinajstić information content (AvgIpc) is 2.51. The number of carboxylic acids is 1. The van der Waals surface area contributed by atoms with E-state index in [-0.39, 0.29) is 16.1 Å². The zero-order valence-electron chi connectivity index (χ0n) is 13.8. The largest absolute Gasteiger partial charge is 0.478 e. The monoisotopic (exact) mass is 370 g/mol. The predicted molar refractivity (Wildman–Crippen MR) is 87.2 cm³/mol. The molecule has 0 spiro atoms. The van der Waals surface area contributed by atoms with Crippen LogP contribution in [0.1, 0.15) is 31.1 Å². The normalized spacial score (nSPS) is 19.2. The lowest BCUT2D eigenvalue weighted by Gasteiger charge is -2.22. The molecule has 1 aromatic carbocycles. The van der Waals surface area contributed by atoms with Crippen LogP contribution in [-0.4, -0.2) is 48.9 Å². The number of sulfone groups is 1. The van der Waals surface area contributed by atoms with Crippen molar-refractivity contribution in [2.75, 3.05) is 11.1 Å². The van der Waals surface area contributed by atoms with Gasteiger partial charge in [-0.1, -0.05) is 0 Å². The molecule has 2 rings (SSSR count). The Labute approximate surface area is 144 Å². The summed E-state index contributed by atoms with van der Waals surface area (Å²) in [6.45, 7) is 4.87. The van der Waals surface area contributed by atoms with Gasteiger partial charge in [0.05, 0.1) is 21.9 Å². The quantitative estimate of drug-likeness (QED) is 0.706. The van der Waals surface area contributed by atoms with Crippen LogP contribution in [0.4, 0.5) is 10.5 Å². The number of carbonyl (C=O) groups excluding carboxylic acids is 2. The molecule has 1 aromatic rings. The number of anilines is 1. The Balaban J connectivity index is 2.32. The van der Waals surface area contributed by atoms with Crippen molar-refractivity contribution in [3.05, 3.63) is 23.8 Å². The van der Waals surface area contributed by atoms with Crippen molar-refractivity contribution in [3.63, 3.8) is 0 Å². The Kier molecular flexibility index (Phi) is 4.76. The summed E-state index contributed by atoms with van der Waals surface area (Å²) in [5, 5.41) is 13.6. The topological polar surface area (TPSA) is 139 Å². The Hall–Kier alpha value is -2.62. The molecule has 1 aliphatic rings. The number of aromatic carboxylic acids is 1. The lowest BCUT2D eigenvalue weighted by atomic mass is 10.2. The fourth-order valence-corrected chi connectivity index (χ4v) is 3.77. The van der Waals surface area contributed by atoms with Gasteiger partial charge in [0, 0.05) is 0 Å². The fraction of sp³-hybridized carbons (Fsp3) is 0.400. The van der Waals surface area contributed by atoms with Crippen molar-refractivity contribution < 1.29 is 32.6 Å². The van der Waals surface area contributed by atoms with Gasteiger partial charge in [-0.05, 0) is 39.0 Å². The number of alkyl carbamates (subject to hydrolysis) is 1. The number of rotatable bonds is 2. The summed E-state index contributed by atoms with van der Waals surface area (Å²) < 4.78 is 30.0. The highest BCUT2D eigenvalue weighted by molar-refractivity contribution is 7.91. The van der Waals surface area contributed by atoms with Crippen LogP contribution in [0, 0.1) is 0 Å². The highest BCUT2D eigenvalue weighted by atomic mass is 32.2. The number of carbonyl (C=O) groups is 3. The number of fused-ring (bicyclic) bond motifs is 1. The van der Waals surface area contributed by atoms with Crippen LogP contribution in [0.5, 0.6) is 0 Å². The smallest absolute Gasteiger partial charge is 0.408 e. The molecule has 0 aromatic heterocycles. The SMILES string of the molecule is CC(C)(C)OC(=O)N[C@H]1CS(=O)(=O)c2ccc(C(=O)O)cc2NC1=O. The van der Waals surface area contributed by atoms with Crippen LogP contribution >= 0.6 is 0 Å². The third-order valence-corrected chi connectivity index (χ3v) is 5.01. The van der Waals surface area contributed by atoms with Crippen LogP contribution in [-0.2, 0) is 19.4 Å². The minimum absolute atomic E-state index is 0.140. The van der Waals surface area contributed by atoms with Crippen molar-refractivity contribution in [3.8, 4) is 0 Å². The maximum Gasteiger partial charge on any atom is 0.408 e. The van der Waals surface area contributed by atoms with Crippen molar-refractivity contribution >= 4 is 33.5 Å². The van der Waals surface area contributed by atoms with Gasteiger partial charge in [-0.3, -0.25) is 4.79 Å². The molecule has 0 bridgehead atoms. The average molecular weight is 370 g/mol. The first-order valence-corrected chi connectivity index (χ1v) is 8.95. The Bertz CT molecular complexity index is 840. The van der Waals surface area contributed by atoms with Gasteiger partial charge in [0.15, 0.2) is 9.84 Å². The van der Waals surface area contributed by atoms with E-state index in [2.05, 4.69) is 10.6 Å². The predicted octanol–water partition coefficient (Wildman–Crippen LogP) is 1.00. The third-order valence-electron chi connectivity index (χ3n) is 3.21. The molecule has 9 nitrogen and oxygen atoms in total. The highest BCUT2D eigenvalue weighted by Gasteiger charge is 2.35. The van der Waals surface area contributed by atoms with E-state index in [0.29, 0.717) is 0 Å². The summed E-state index contributed by atoms with van der Waals surface area (Å²) in [5.41, 5.74) is -1.13. The minimum Gasteiger partial charge on any atom is -0.478 e. The summed E-state index contributed by atoms with van der Waals surface area (Å²) >= 11 is 0. The van der Waals surface area contributed by atoms with Gasteiger partial charge in [0.1, 0.15) is 11.6 Å². The van der Waals surface area contributed by atoms with E-state index in [1.807, 2.05) is 0 Å². The Morgan fingerprint density at radius 2 is 1.96 bits per heavy atom. The number of nitrogens with one attached hydrogen (secondary N) is 2. The molecule has 0 saturated heterocycles. The van der Waals surface area contributed by atoms with Crippen LogP contribution in [0.3, 0.4) is 0 Å². The van der Waals surface area contributed by atoms with E-state index < -0.39 is 45.2 Å². The number of hydrogen-bond donors (Lipinski definition) is 3. The van der Waals surface area contributed by atoms with Gasteiger partial charge in [0.2, 0.25) is 5.91 Å². The molecule has 3 N–H and O–H groups in total. The molecular formula is C15H18N2O7S. The van der Waals surface area contributed by atoms with Crippen LogP contribution < -0.4 is 10.6 Å². The van der Waals surface area contributed by atoms with Crippen LogP contribution in [0.2, 0.25) is 0 Å². The van der Waals surface area contributed by atoms with Crippen molar-refractivity contribution in [1.82, 2.24) is 5.32 Å². The van der Waals surface area contributed by atoms with E-state index in [0.717, 1.165) is 18.2 Å². The summed E-state index contributed by atoms with van der Waals surface area (Å²) in [7, 11) is -3.94. The Morgan fingerprint density at radius 3 is 2.52 bits per heavy atom. The van der Waals surface area contributed by atoms with Gasteiger partial charge in [-0.2, -0.15) is 0 Å². The summed E-state index contributed by atoms with van der Waals surface area (Å²) in [6.07, 6.45) is -0.931. The van der Waals surface area contributed by atoms with Crippen molar-refractivity contribution in [2.45, 2.75) is 37.3 Å². The molecule has 0 radical (unpaired) electrons. The van der Waals surface area contributed by atoms with Crippen LogP contribution in [0.25, 0.3) is 0 Å². The van der Waals surface area contributed by atoms with E-state index >= 15 is 0 Å². The molecular weight excluding hydrogens is 352 g/mol. The highest BCUT2D eigenvalue weighted by Crippen LogP contribution is 2.27. The van der Waals surface area contributed by atoms with E-state index in [9.17, 15) is 22.8 Å². The fourth-order valence-electron chi connectivity index (χ4n) is 2.19. The molecule has 1 aliphatic heterocycles. The molecule has 1 heterocycles. The summed E-state index contributed by atoms with van der Waals surface area (Å²) in [4.78, 5) is 34.9. The first-order chi connectivity index (χ1) is 11.4. The molecule has 2 amide bonds. The second-order valence-corrected chi connectivity index (χ2v) is 8.49. The molecule has 25 heavy (non-hydrogen) atoms. The summed E-state index contributed by atoms with van der Waals surface area (Å²) in [5.74, 6) is -2.71. The maximum absolute atomic E-state index is 12.5. The van der Waals surface area contributed by atoms with Crippen molar-refractivity contribution in [2.24, 2.45) is 0 Å². The lowest BCUT2D eigenvalue weighted by Crippen LogP contribution is -2.48. The first-order valence-electron chi connectivity index (χ1n) is 7.29. The first kappa shape index (κ1) is 18.7. The van der Waals surface area contributed by atoms with Crippen molar-refractivity contribution in [1.29, 1.82) is 0 Å². The van der Waals surface area contributed by atoms with E-state index in [1.54, 1.807) is 20.8 Å².